The lowest BCUT2D eigenvalue weighted by atomic mass is 9.96. The number of nitriles is 1. The van der Waals surface area contributed by atoms with E-state index in [1.807, 2.05) is 6.07 Å². The van der Waals surface area contributed by atoms with E-state index in [1.54, 1.807) is 18.2 Å². The number of thiol groups is 1. The van der Waals surface area contributed by atoms with Gasteiger partial charge in [-0.15, -0.1) is 0 Å². The van der Waals surface area contributed by atoms with Crippen LogP contribution in [-0.2, 0) is 5.33 Å². The van der Waals surface area contributed by atoms with Gasteiger partial charge in [0.15, 0.2) is 0 Å². The summed E-state index contributed by atoms with van der Waals surface area (Å²) < 4.78 is 0. The van der Waals surface area contributed by atoms with Crippen LogP contribution in [0.5, 0.6) is 0 Å². The molecular weight excluding hydrogens is 302 g/mol. The predicted molar refractivity (Wildman–Crippen MR) is 73.2 cm³/mol. The minimum absolute atomic E-state index is 0.406. The number of hydrogen-bond donors (Lipinski definition) is 3. The molecule has 1 aromatic carbocycles. The Hall–Kier alpha value is -0.540. The predicted octanol–water partition coefficient (Wildman–Crippen LogP) is 2.17. The van der Waals surface area contributed by atoms with Crippen molar-refractivity contribution in [3.05, 3.63) is 34.9 Å². The number of alkyl halides is 1. The van der Waals surface area contributed by atoms with Crippen molar-refractivity contribution in [3.8, 4) is 6.07 Å². The minimum atomic E-state index is -0.983. The van der Waals surface area contributed by atoms with Crippen LogP contribution in [0, 0.1) is 11.3 Å². The fourth-order valence-corrected chi connectivity index (χ4v) is 2.33. The summed E-state index contributed by atoms with van der Waals surface area (Å²) >= 11 is 7.34. The van der Waals surface area contributed by atoms with Crippen molar-refractivity contribution in [2.24, 2.45) is 0 Å². The smallest absolute Gasteiger partial charge is 0.105 e. The van der Waals surface area contributed by atoms with Crippen LogP contribution in [0.2, 0.25) is 0 Å². The zero-order valence-electron chi connectivity index (χ0n) is 9.17. The molecule has 2 atom stereocenters. The van der Waals surface area contributed by atoms with Gasteiger partial charge in [0.1, 0.15) is 6.10 Å². The summed E-state index contributed by atoms with van der Waals surface area (Å²) in [6, 6.07) is 7.10. The molecule has 0 amide bonds. The van der Waals surface area contributed by atoms with E-state index in [2.05, 4.69) is 28.6 Å². The van der Waals surface area contributed by atoms with E-state index in [-0.39, 0.29) is 0 Å². The van der Waals surface area contributed by atoms with Gasteiger partial charge >= 0.3 is 0 Å². The van der Waals surface area contributed by atoms with E-state index >= 15 is 0 Å². The first kappa shape index (κ1) is 14.5. The normalized spacial score (nSPS) is 14.1. The molecule has 0 bridgehead atoms. The van der Waals surface area contributed by atoms with Gasteiger partial charge in [0.2, 0.25) is 0 Å². The summed E-state index contributed by atoms with van der Waals surface area (Å²) in [6.45, 7) is 0. The van der Waals surface area contributed by atoms with Crippen molar-refractivity contribution in [1.82, 2.24) is 0 Å². The third-order valence-electron chi connectivity index (χ3n) is 2.53. The van der Waals surface area contributed by atoms with E-state index in [0.717, 1.165) is 5.56 Å². The van der Waals surface area contributed by atoms with Gasteiger partial charge in [-0.05, 0) is 35.4 Å². The summed E-state index contributed by atoms with van der Waals surface area (Å²) in [5, 5.41) is 29.2. The zero-order chi connectivity index (χ0) is 12.8. The summed E-state index contributed by atoms with van der Waals surface area (Å²) in [6.07, 6.45) is -1.44. The Bertz CT molecular complexity index is 419. The number of aliphatic hydroxyl groups is 2. The number of benzene rings is 1. The van der Waals surface area contributed by atoms with Gasteiger partial charge in [-0.25, -0.2) is 0 Å². The minimum Gasteiger partial charge on any atom is -0.390 e. The SMILES string of the molecule is N#Cc1ccc(CBr)c(C(O)C(O)CCS)c1. The maximum atomic E-state index is 10.0. The molecule has 0 saturated heterocycles. The van der Waals surface area contributed by atoms with Gasteiger partial charge in [0.05, 0.1) is 17.7 Å². The van der Waals surface area contributed by atoms with Crippen LogP contribution in [0.25, 0.3) is 0 Å². The molecule has 2 N–H and O–H groups in total. The fraction of sp³-hybridized carbons (Fsp3) is 0.417. The number of nitrogens with zero attached hydrogens (tertiary/aromatic N) is 1. The molecule has 3 nitrogen and oxygen atoms in total. The third-order valence-corrected chi connectivity index (χ3v) is 3.39. The van der Waals surface area contributed by atoms with Gasteiger partial charge in [0, 0.05) is 5.33 Å². The first-order valence-corrected chi connectivity index (χ1v) is 6.95. The molecule has 0 aliphatic rings. The first-order chi connectivity index (χ1) is 8.13. The summed E-state index contributed by atoms with van der Waals surface area (Å²) in [5.41, 5.74) is 1.94. The molecule has 0 saturated carbocycles. The molecule has 0 aliphatic heterocycles. The monoisotopic (exact) mass is 315 g/mol. The van der Waals surface area contributed by atoms with Gasteiger partial charge < -0.3 is 10.2 Å². The molecule has 0 aliphatic carbocycles. The van der Waals surface area contributed by atoms with Gasteiger partial charge in [-0.3, -0.25) is 0 Å². The third kappa shape index (κ3) is 3.71. The number of halogens is 1. The lowest BCUT2D eigenvalue weighted by Crippen LogP contribution is -2.20. The molecule has 5 heteroatoms. The molecule has 17 heavy (non-hydrogen) atoms. The molecule has 0 spiro atoms. The Labute approximate surface area is 115 Å². The van der Waals surface area contributed by atoms with Crippen molar-refractivity contribution in [3.63, 3.8) is 0 Å². The highest BCUT2D eigenvalue weighted by Crippen LogP contribution is 2.25. The highest BCUT2D eigenvalue weighted by molar-refractivity contribution is 9.08. The van der Waals surface area contributed by atoms with E-state index in [9.17, 15) is 10.2 Å². The summed E-state index contributed by atoms with van der Waals surface area (Å²) in [4.78, 5) is 0. The van der Waals surface area contributed by atoms with Crippen molar-refractivity contribution in [2.45, 2.75) is 24.0 Å². The lowest BCUT2D eigenvalue weighted by Gasteiger charge is -2.20. The van der Waals surface area contributed by atoms with Crippen LogP contribution >= 0.6 is 28.6 Å². The number of rotatable bonds is 5. The summed E-state index contributed by atoms with van der Waals surface area (Å²) in [5.74, 6) is 0.500. The molecule has 1 rings (SSSR count). The fourth-order valence-electron chi connectivity index (χ4n) is 1.56. The molecule has 0 radical (unpaired) electrons. The van der Waals surface area contributed by atoms with E-state index < -0.39 is 12.2 Å². The molecule has 0 heterocycles. The highest BCUT2D eigenvalue weighted by atomic mass is 79.9. The molecule has 0 aromatic heterocycles. The second-order valence-corrected chi connectivity index (χ2v) is 4.69. The number of hydrogen-bond acceptors (Lipinski definition) is 4. The van der Waals surface area contributed by atoms with Crippen LogP contribution in [0.4, 0.5) is 0 Å². The maximum absolute atomic E-state index is 10.0. The lowest BCUT2D eigenvalue weighted by molar-refractivity contribution is 0.0168. The zero-order valence-corrected chi connectivity index (χ0v) is 11.7. The van der Waals surface area contributed by atoms with E-state index in [0.29, 0.717) is 28.6 Å². The standard InChI is InChI=1S/C12H14BrNO2S/c13-6-9-2-1-8(7-14)5-10(9)12(16)11(15)3-4-17/h1-2,5,11-12,15-17H,3-4,6H2. The Kier molecular flexibility index (Phi) is 6.00. The van der Waals surface area contributed by atoms with Crippen molar-refractivity contribution < 1.29 is 10.2 Å². The van der Waals surface area contributed by atoms with Crippen LogP contribution in [0.1, 0.15) is 29.2 Å². The first-order valence-electron chi connectivity index (χ1n) is 5.20. The average Bonchev–Trinajstić information content (AvgIpc) is 2.37. The van der Waals surface area contributed by atoms with Crippen LogP contribution in [0.15, 0.2) is 18.2 Å². The Morgan fingerprint density at radius 1 is 1.41 bits per heavy atom. The molecular formula is C12H14BrNO2S. The second kappa shape index (κ2) is 7.02. The van der Waals surface area contributed by atoms with E-state index in [1.165, 1.54) is 0 Å². The molecule has 92 valence electrons. The van der Waals surface area contributed by atoms with Gasteiger partial charge in [-0.1, -0.05) is 22.0 Å². The highest BCUT2D eigenvalue weighted by Gasteiger charge is 2.20. The second-order valence-electron chi connectivity index (χ2n) is 3.68. The topological polar surface area (TPSA) is 64.2 Å². The largest absolute Gasteiger partial charge is 0.390 e. The molecule has 1 aromatic rings. The average molecular weight is 316 g/mol. The van der Waals surface area contributed by atoms with Gasteiger partial charge in [0.25, 0.3) is 0 Å². The summed E-state index contributed by atoms with van der Waals surface area (Å²) in [7, 11) is 0. The van der Waals surface area contributed by atoms with Crippen molar-refractivity contribution >= 4 is 28.6 Å². The quantitative estimate of drug-likeness (QED) is 0.576. The van der Waals surface area contributed by atoms with Crippen LogP contribution in [-0.4, -0.2) is 22.1 Å². The molecule has 0 fully saturated rings. The number of aliphatic hydroxyl groups excluding tert-OH is 2. The Morgan fingerprint density at radius 2 is 2.12 bits per heavy atom. The van der Waals surface area contributed by atoms with Crippen molar-refractivity contribution in [2.75, 3.05) is 5.75 Å². The maximum Gasteiger partial charge on any atom is 0.105 e. The van der Waals surface area contributed by atoms with Crippen LogP contribution < -0.4 is 0 Å². The van der Waals surface area contributed by atoms with Crippen molar-refractivity contribution in [1.29, 1.82) is 5.26 Å². The van der Waals surface area contributed by atoms with Crippen LogP contribution in [0.3, 0.4) is 0 Å². The Morgan fingerprint density at radius 3 is 2.65 bits per heavy atom. The Balaban J connectivity index is 3.05. The van der Waals surface area contributed by atoms with E-state index in [4.69, 9.17) is 5.26 Å². The van der Waals surface area contributed by atoms with Gasteiger partial charge in [-0.2, -0.15) is 17.9 Å². The molecule has 2 unspecified atom stereocenters.